The number of nitrogens with one attached hydrogen (secondary N) is 1. The Hall–Kier alpha value is -3.11. The van der Waals surface area contributed by atoms with Crippen molar-refractivity contribution in [3.63, 3.8) is 0 Å². The molecule has 0 atom stereocenters. The second kappa shape index (κ2) is 9.14. The van der Waals surface area contributed by atoms with Crippen LogP contribution in [0.2, 0.25) is 0 Å². The third-order valence-corrected chi connectivity index (χ3v) is 5.56. The van der Waals surface area contributed by atoms with Crippen LogP contribution in [0.25, 0.3) is 0 Å². The van der Waals surface area contributed by atoms with Gasteiger partial charge >= 0.3 is 6.03 Å². The predicted octanol–water partition coefficient (Wildman–Crippen LogP) is 1.29. The number of sulfonamides is 1. The molecule has 3 amide bonds. The van der Waals surface area contributed by atoms with Crippen LogP contribution in [0.3, 0.4) is 0 Å². The predicted molar refractivity (Wildman–Crippen MR) is 112 cm³/mol. The molecule has 3 rings (SSSR count). The SMILES string of the molecule is CCOc1ccc(N2CCN(CC(=O)NCc3ccc(S(N)(=O)=O)cc3)C2=O)cc1. The van der Waals surface area contributed by atoms with Gasteiger partial charge in [0.25, 0.3) is 0 Å². The van der Waals surface area contributed by atoms with E-state index in [0.29, 0.717) is 19.7 Å². The molecule has 1 heterocycles. The lowest BCUT2D eigenvalue weighted by Gasteiger charge is -2.18. The van der Waals surface area contributed by atoms with Crippen molar-refractivity contribution < 1.29 is 22.7 Å². The summed E-state index contributed by atoms with van der Waals surface area (Å²) in [5.41, 5.74) is 1.47. The maximum atomic E-state index is 12.6. The van der Waals surface area contributed by atoms with Crippen LogP contribution in [0.4, 0.5) is 10.5 Å². The van der Waals surface area contributed by atoms with Gasteiger partial charge in [0.05, 0.1) is 11.5 Å². The van der Waals surface area contributed by atoms with E-state index in [1.807, 2.05) is 31.2 Å². The highest BCUT2D eigenvalue weighted by molar-refractivity contribution is 7.89. The third-order valence-electron chi connectivity index (χ3n) is 4.63. The summed E-state index contributed by atoms with van der Waals surface area (Å²) >= 11 is 0. The Kier molecular flexibility index (Phi) is 6.58. The molecule has 160 valence electrons. The standard InChI is InChI=1S/C20H24N4O5S/c1-2-29-17-7-5-16(6-8-17)24-12-11-23(20(24)26)14-19(25)22-13-15-3-9-18(10-4-15)30(21,27)28/h3-10H,2,11-14H2,1H3,(H,22,25)(H2,21,27,28). The largest absolute Gasteiger partial charge is 0.494 e. The normalized spacial score (nSPS) is 14.1. The fourth-order valence-electron chi connectivity index (χ4n) is 3.08. The van der Waals surface area contributed by atoms with Crippen molar-refractivity contribution in [1.29, 1.82) is 0 Å². The van der Waals surface area contributed by atoms with E-state index in [4.69, 9.17) is 9.88 Å². The average Bonchev–Trinajstić information content (AvgIpc) is 3.07. The molecule has 9 nitrogen and oxygen atoms in total. The van der Waals surface area contributed by atoms with E-state index in [9.17, 15) is 18.0 Å². The van der Waals surface area contributed by atoms with Crippen molar-refractivity contribution >= 4 is 27.6 Å². The van der Waals surface area contributed by atoms with Crippen LogP contribution < -0.4 is 20.1 Å². The van der Waals surface area contributed by atoms with Crippen molar-refractivity contribution in [2.75, 3.05) is 31.1 Å². The van der Waals surface area contributed by atoms with Gasteiger partial charge in [-0.2, -0.15) is 0 Å². The van der Waals surface area contributed by atoms with Crippen LogP contribution in [0.1, 0.15) is 12.5 Å². The Morgan fingerprint density at radius 2 is 1.77 bits per heavy atom. The molecule has 10 heteroatoms. The van der Waals surface area contributed by atoms with Crippen LogP contribution in [-0.2, 0) is 21.4 Å². The maximum Gasteiger partial charge on any atom is 0.325 e. The van der Waals surface area contributed by atoms with Crippen molar-refractivity contribution in [1.82, 2.24) is 10.2 Å². The molecule has 0 radical (unpaired) electrons. The summed E-state index contributed by atoms with van der Waals surface area (Å²) < 4.78 is 27.9. The van der Waals surface area contributed by atoms with E-state index in [1.165, 1.54) is 17.0 Å². The van der Waals surface area contributed by atoms with Crippen LogP contribution >= 0.6 is 0 Å². The van der Waals surface area contributed by atoms with Gasteiger partial charge in [-0.25, -0.2) is 18.4 Å². The molecule has 0 aromatic heterocycles. The lowest BCUT2D eigenvalue weighted by Crippen LogP contribution is -2.39. The lowest BCUT2D eigenvalue weighted by atomic mass is 10.2. The minimum Gasteiger partial charge on any atom is -0.494 e. The second-order valence-corrected chi connectivity index (χ2v) is 8.31. The Morgan fingerprint density at radius 3 is 2.37 bits per heavy atom. The van der Waals surface area contributed by atoms with Crippen LogP contribution in [0.15, 0.2) is 53.4 Å². The summed E-state index contributed by atoms with van der Waals surface area (Å²) in [5.74, 6) is 0.439. The van der Waals surface area contributed by atoms with E-state index in [0.717, 1.165) is 17.0 Å². The lowest BCUT2D eigenvalue weighted by molar-refractivity contribution is -0.121. The number of ether oxygens (including phenoxy) is 1. The molecule has 0 saturated carbocycles. The number of primary sulfonamides is 1. The van der Waals surface area contributed by atoms with Crippen molar-refractivity contribution in [3.05, 3.63) is 54.1 Å². The molecule has 0 aliphatic carbocycles. The second-order valence-electron chi connectivity index (χ2n) is 6.75. The number of urea groups is 1. The number of carbonyl (C=O) groups is 2. The molecule has 30 heavy (non-hydrogen) atoms. The van der Waals surface area contributed by atoms with Crippen molar-refractivity contribution in [3.8, 4) is 5.75 Å². The van der Waals surface area contributed by atoms with Crippen LogP contribution in [0.5, 0.6) is 5.75 Å². The van der Waals surface area contributed by atoms with E-state index >= 15 is 0 Å². The molecule has 2 aromatic rings. The summed E-state index contributed by atoms with van der Waals surface area (Å²) in [6.45, 7) is 3.58. The molecule has 2 aromatic carbocycles. The van der Waals surface area contributed by atoms with E-state index in [1.54, 1.807) is 17.0 Å². The zero-order chi connectivity index (χ0) is 21.7. The summed E-state index contributed by atoms with van der Waals surface area (Å²) in [6, 6.07) is 12.9. The number of nitrogens with two attached hydrogens (primary N) is 1. The number of carbonyl (C=O) groups excluding carboxylic acids is 2. The number of nitrogens with zero attached hydrogens (tertiary/aromatic N) is 2. The van der Waals surface area contributed by atoms with E-state index in [-0.39, 0.29) is 29.9 Å². The zero-order valence-electron chi connectivity index (χ0n) is 16.6. The number of hydrogen-bond donors (Lipinski definition) is 2. The van der Waals surface area contributed by atoms with Crippen LogP contribution in [-0.4, -0.2) is 51.5 Å². The molecule has 1 aliphatic rings. The minimum atomic E-state index is -3.75. The molecule has 1 fully saturated rings. The molecular weight excluding hydrogens is 408 g/mol. The molecule has 0 spiro atoms. The Morgan fingerprint density at radius 1 is 1.10 bits per heavy atom. The van der Waals surface area contributed by atoms with Gasteiger partial charge < -0.3 is 15.0 Å². The molecule has 3 N–H and O–H groups in total. The monoisotopic (exact) mass is 432 g/mol. The molecule has 1 aliphatic heterocycles. The molecule has 0 unspecified atom stereocenters. The Balaban J connectivity index is 1.51. The highest BCUT2D eigenvalue weighted by atomic mass is 32.2. The minimum absolute atomic E-state index is 0.00891. The highest BCUT2D eigenvalue weighted by Crippen LogP contribution is 2.23. The summed E-state index contributed by atoms with van der Waals surface area (Å²) in [6.07, 6.45) is 0. The highest BCUT2D eigenvalue weighted by Gasteiger charge is 2.30. The summed E-state index contributed by atoms with van der Waals surface area (Å²) in [5, 5.41) is 7.79. The Labute approximate surface area is 175 Å². The number of anilines is 1. The number of benzene rings is 2. The quantitative estimate of drug-likeness (QED) is 0.651. The first-order chi connectivity index (χ1) is 14.3. The number of hydrogen-bond acceptors (Lipinski definition) is 5. The van der Waals surface area contributed by atoms with Crippen molar-refractivity contribution in [2.24, 2.45) is 5.14 Å². The summed E-state index contributed by atoms with van der Waals surface area (Å²) in [4.78, 5) is 28.0. The van der Waals surface area contributed by atoms with Gasteiger partial charge in [-0.1, -0.05) is 12.1 Å². The fourth-order valence-corrected chi connectivity index (χ4v) is 3.60. The van der Waals surface area contributed by atoms with Gasteiger partial charge in [-0.05, 0) is 48.9 Å². The fraction of sp³-hybridized carbons (Fsp3) is 0.300. The molecule has 0 bridgehead atoms. The van der Waals surface area contributed by atoms with Gasteiger partial charge in [0.15, 0.2) is 0 Å². The molecule has 1 saturated heterocycles. The maximum absolute atomic E-state index is 12.6. The molecular formula is C20H24N4O5S. The van der Waals surface area contributed by atoms with Gasteiger partial charge in [-0.15, -0.1) is 0 Å². The Bertz CT molecular complexity index is 1010. The topological polar surface area (TPSA) is 122 Å². The van der Waals surface area contributed by atoms with Crippen molar-refractivity contribution in [2.45, 2.75) is 18.4 Å². The van der Waals surface area contributed by atoms with E-state index < -0.39 is 10.0 Å². The zero-order valence-corrected chi connectivity index (χ0v) is 17.4. The van der Waals surface area contributed by atoms with Gasteiger partial charge in [0.2, 0.25) is 15.9 Å². The third kappa shape index (κ3) is 5.28. The first kappa shape index (κ1) is 21.6. The first-order valence-corrected chi connectivity index (χ1v) is 11.0. The smallest absolute Gasteiger partial charge is 0.325 e. The number of amides is 3. The summed E-state index contributed by atoms with van der Waals surface area (Å²) in [7, 11) is -3.75. The first-order valence-electron chi connectivity index (χ1n) is 9.45. The van der Waals surface area contributed by atoms with Gasteiger partial charge in [0.1, 0.15) is 12.3 Å². The van der Waals surface area contributed by atoms with Gasteiger partial charge in [-0.3, -0.25) is 9.69 Å². The van der Waals surface area contributed by atoms with Crippen LogP contribution in [0, 0.1) is 0 Å². The van der Waals surface area contributed by atoms with Gasteiger partial charge in [0, 0.05) is 25.3 Å². The van der Waals surface area contributed by atoms with E-state index in [2.05, 4.69) is 5.32 Å². The average molecular weight is 433 g/mol. The number of rotatable bonds is 8.